The average Bonchev–Trinajstić information content (AvgIpc) is 2.61. The van der Waals surface area contributed by atoms with Crippen LogP contribution in [0.25, 0.3) is 0 Å². The summed E-state index contributed by atoms with van der Waals surface area (Å²) in [5.41, 5.74) is 0. The number of carboxylic acids is 1. The molecule has 2 saturated heterocycles. The van der Waals surface area contributed by atoms with Crippen molar-refractivity contribution in [3.63, 3.8) is 0 Å². The minimum atomic E-state index is -0.862. The third kappa shape index (κ3) is 2.07. The van der Waals surface area contributed by atoms with Gasteiger partial charge in [0.2, 0.25) is 0 Å². The predicted octanol–water partition coefficient (Wildman–Crippen LogP) is 0.365. The Morgan fingerprint density at radius 2 is 2.21 bits per heavy atom. The quantitative estimate of drug-likeness (QED) is 0.648. The number of rotatable bonds is 2. The molecule has 0 spiro atoms. The van der Waals surface area contributed by atoms with E-state index in [-0.39, 0.29) is 0 Å². The van der Waals surface area contributed by atoms with E-state index in [1.165, 1.54) is 25.5 Å². The molecule has 1 N–H and O–H groups in total. The SMILES string of the molecule is O=C(O)/C=C/N1CCN2CCCC2C1. The largest absolute Gasteiger partial charge is 0.478 e. The molecule has 0 radical (unpaired) electrons. The number of piperazine rings is 1. The highest BCUT2D eigenvalue weighted by Gasteiger charge is 2.29. The maximum atomic E-state index is 10.3. The molecule has 2 aliphatic rings. The van der Waals surface area contributed by atoms with Crippen LogP contribution in [0.4, 0.5) is 0 Å². The number of hydrogen-bond acceptors (Lipinski definition) is 3. The second-order valence-electron chi connectivity index (χ2n) is 3.98. The molecule has 2 rings (SSSR count). The van der Waals surface area contributed by atoms with Gasteiger partial charge in [0.25, 0.3) is 0 Å². The lowest BCUT2D eigenvalue weighted by Crippen LogP contribution is -2.47. The smallest absolute Gasteiger partial charge is 0.329 e. The van der Waals surface area contributed by atoms with Crippen LogP contribution in [0.1, 0.15) is 12.8 Å². The lowest BCUT2D eigenvalue weighted by atomic mass is 10.2. The van der Waals surface area contributed by atoms with E-state index in [0.717, 1.165) is 19.6 Å². The molecule has 0 saturated carbocycles. The summed E-state index contributed by atoms with van der Waals surface area (Å²) in [4.78, 5) is 15.0. The molecule has 14 heavy (non-hydrogen) atoms. The van der Waals surface area contributed by atoms with Crippen LogP contribution in [-0.2, 0) is 4.79 Å². The predicted molar refractivity (Wildman–Crippen MR) is 52.9 cm³/mol. The van der Waals surface area contributed by atoms with Crippen molar-refractivity contribution in [2.24, 2.45) is 0 Å². The van der Waals surface area contributed by atoms with Gasteiger partial charge in [-0.15, -0.1) is 0 Å². The summed E-state index contributed by atoms with van der Waals surface area (Å²) in [7, 11) is 0. The van der Waals surface area contributed by atoms with Crippen molar-refractivity contribution >= 4 is 5.97 Å². The molecule has 0 amide bonds. The van der Waals surface area contributed by atoms with Crippen LogP contribution in [0.2, 0.25) is 0 Å². The molecule has 0 aromatic carbocycles. The lowest BCUT2D eigenvalue weighted by Gasteiger charge is -2.36. The summed E-state index contributed by atoms with van der Waals surface area (Å²) in [6.45, 7) is 4.25. The van der Waals surface area contributed by atoms with Gasteiger partial charge in [0.1, 0.15) is 0 Å². The van der Waals surface area contributed by atoms with Crippen molar-refractivity contribution < 1.29 is 9.90 Å². The first-order valence-corrected chi connectivity index (χ1v) is 5.15. The molecule has 78 valence electrons. The topological polar surface area (TPSA) is 43.8 Å². The molecule has 2 heterocycles. The molecular weight excluding hydrogens is 180 g/mol. The highest BCUT2D eigenvalue weighted by atomic mass is 16.4. The Labute approximate surface area is 83.8 Å². The van der Waals surface area contributed by atoms with Gasteiger partial charge in [0.15, 0.2) is 0 Å². The number of carboxylic acid groups (broad SMARTS) is 1. The maximum Gasteiger partial charge on any atom is 0.329 e. The Kier molecular flexibility index (Phi) is 2.72. The van der Waals surface area contributed by atoms with Crippen molar-refractivity contribution in [2.45, 2.75) is 18.9 Å². The molecule has 2 aliphatic heterocycles. The molecular formula is C10H16N2O2. The first-order chi connectivity index (χ1) is 6.75. The fourth-order valence-corrected chi connectivity index (χ4v) is 2.32. The number of carbonyl (C=O) groups is 1. The highest BCUT2D eigenvalue weighted by Crippen LogP contribution is 2.21. The lowest BCUT2D eigenvalue weighted by molar-refractivity contribution is -0.131. The van der Waals surface area contributed by atoms with Crippen molar-refractivity contribution in [1.29, 1.82) is 0 Å². The van der Waals surface area contributed by atoms with E-state index in [4.69, 9.17) is 5.11 Å². The fourth-order valence-electron chi connectivity index (χ4n) is 2.32. The van der Waals surface area contributed by atoms with Crippen molar-refractivity contribution in [1.82, 2.24) is 9.80 Å². The molecule has 0 bridgehead atoms. The number of aliphatic carboxylic acids is 1. The van der Waals surface area contributed by atoms with E-state index in [0.29, 0.717) is 6.04 Å². The van der Waals surface area contributed by atoms with Gasteiger partial charge in [0.05, 0.1) is 0 Å². The van der Waals surface area contributed by atoms with E-state index < -0.39 is 5.97 Å². The summed E-state index contributed by atoms with van der Waals surface area (Å²) in [5.74, 6) is -0.862. The molecule has 4 heteroatoms. The number of fused-ring (bicyclic) bond motifs is 1. The van der Waals surface area contributed by atoms with Gasteiger partial charge >= 0.3 is 5.97 Å². The fraction of sp³-hybridized carbons (Fsp3) is 0.700. The number of nitrogens with zero attached hydrogens (tertiary/aromatic N) is 2. The van der Waals surface area contributed by atoms with Gasteiger partial charge in [0, 0.05) is 38.0 Å². The van der Waals surface area contributed by atoms with Gasteiger partial charge in [-0.1, -0.05) is 0 Å². The molecule has 4 nitrogen and oxygen atoms in total. The summed E-state index contributed by atoms with van der Waals surface area (Å²) < 4.78 is 0. The normalized spacial score (nSPS) is 28.3. The first kappa shape index (κ1) is 9.52. The Morgan fingerprint density at radius 3 is 3.00 bits per heavy atom. The van der Waals surface area contributed by atoms with Crippen LogP contribution in [0.3, 0.4) is 0 Å². The second-order valence-corrected chi connectivity index (χ2v) is 3.98. The Balaban J connectivity index is 1.88. The highest BCUT2D eigenvalue weighted by molar-refractivity contribution is 5.79. The molecule has 0 aromatic rings. The van der Waals surface area contributed by atoms with E-state index in [2.05, 4.69) is 9.80 Å². The maximum absolute atomic E-state index is 10.3. The Morgan fingerprint density at radius 1 is 1.36 bits per heavy atom. The average molecular weight is 196 g/mol. The third-order valence-corrected chi connectivity index (χ3v) is 3.05. The standard InChI is InChI=1S/C10H16N2O2/c13-10(14)3-5-11-6-7-12-4-1-2-9(12)8-11/h3,5,9H,1-2,4,6-8H2,(H,13,14)/b5-3+. The minimum absolute atomic E-state index is 0.655. The molecule has 2 fully saturated rings. The van der Waals surface area contributed by atoms with Gasteiger partial charge in [-0.2, -0.15) is 0 Å². The summed E-state index contributed by atoms with van der Waals surface area (Å²) in [6.07, 6.45) is 5.49. The molecule has 1 atom stereocenters. The van der Waals surface area contributed by atoms with Crippen molar-refractivity contribution in [2.75, 3.05) is 26.2 Å². The molecule has 1 unspecified atom stereocenters. The monoisotopic (exact) mass is 196 g/mol. The number of hydrogen-bond donors (Lipinski definition) is 1. The Bertz CT molecular complexity index is 253. The second kappa shape index (κ2) is 4.00. The first-order valence-electron chi connectivity index (χ1n) is 5.15. The van der Waals surface area contributed by atoms with Crippen LogP contribution < -0.4 is 0 Å². The molecule has 0 aromatic heterocycles. The van der Waals surface area contributed by atoms with Crippen molar-refractivity contribution in [3.05, 3.63) is 12.3 Å². The van der Waals surface area contributed by atoms with Crippen LogP contribution in [0.5, 0.6) is 0 Å². The van der Waals surface area contributed by atoms with E-state index in [9.17, 15) is 4.79 Å². The zero-order valence-electron chi connectivity index (χ0n) is 8.22. The van der Waals surface area contributed by atoms with Crippen LogP contribution in [0.15, 0.2) is 12.3 Å². The third-order valence-electron chi connectivity index (χ3n) is 3.05. The summed E-state index contributed by atoms with van der Waals surface area (Å²) in [5, 5.41) is 8.51. The van der Waals surface area contributed by atoms with E-state index in [1.54, 1.807) is 6.20 Å². The Hall–Kier alpha value is -1.03. The van der Waals surface area contributed by atoms with Crippen LogP contribution >= 0.6 is 0 Å². The summed E-state index contributed by atoms with van der Waals surface area (Å²) in [6, 6.07) is 0.655. The van der Waals surface area contributed by atoms with Gasteiger partial charge in [-0.25, -0.2) is 4.79 Å². The van der Waals surface area contributed by atoms with E-state index >= 15 is 0 Å². The van der Waals surface area contributed by atoms with Gasteiger partial charge in [-0.3, -0.25) is 4.90 Å². The van der Waals surface area contributed by atoms with Crippen molar-refractivity contribution in [3.8, 4) is 0 Å². The molecule has 0 aliphatic carbocycles. The zero-order chi connectivity index (χ0) is 9.97. The summed E-state index contributed by atoms with van der Waals surface area (Å²) >= 11 is 0. The van der Waals surface area contributed by atoms with Crippen LogP contribution in [-0.4, -0.2) is 53.1 Å². The van der Waals surface area contributed by atoms with E-state index in [1.807, 2.05) is 0 Å². The van der Waals surface area contributed by atoms with Gasteiger partial charge < -0.3 is 10.0 Å². The minimum Gasteiger partial charge on any atom is -0.478 e. The zero-order valence-corrected chi connectivity index (χ0v) is 8.22. The van der Waals surface area contributed by atoms with Crippen LogP contribution in [0, 0.1) is 0 Å². The van der Waals surface area contributed by atoms with Gasteiger partial charge in [-0.05, 0) is 19.4 Å².